The van der Waals surface area contributed by atoms with E-state index in [0.717, 1.165) is 44.5 Å². The lowest BCUT2D eigenvalue weighted by atomic mass is 9.91. The highest BCUT2D eigenvalue weighted by atomic mass is 19.1. The summed E-state index contributed by atoms with van der Waals surface area (Å²) in [6.45, 7) is 2.25. The molecule has 1 saturated heterocycles. The van der Waals surface area contributed by atoms with Crippen molar-refractivity contribution in [3.8, 4) is 5.75 Å². The lowest BCUT2D eigenvalue weighted by molar-refractivity contribution is -0.139. The molecule has 0 spiro atoms. The Morgan fingerprint density at radius 2 is 1.93 bits per heavy atom. The molecule has 28 heavy (non-hydrogen) atoms. The Morgan fingerprint density at radius 1 is 1.18 bits per heavy atom. The van der Waals surface area contributed by atoms with E-state index in [0.29, 0.717) is 18.1 Å². The van der Waals surface area contributed by atoms with Gasteiger partial charge in [-0.2, -0.15) is 0 Å². The van der Waals surface area contributed by atoms with Gasteiger partial charge in [-0.05, 0) is 68.0 Å². The van der Waals surface area contributed by atoms with Crippen molar-refractivity contribution < 1.29 is 23.4 Å². The Balaban J connectivity index is 1.53. The smallest absolute Gasteiger partial charge is 0.341 e. The molecule has 4 nitrogen and oxygen atoms in total. The summed E-state index contributed by atoms with van der Waals surface area (Å²) in [7, 11) is 0. The van der Waals surface area contributed by atoms with Gasteiger partial charge in [-0.3, -0.25) is 4.90 Å². The molecule has 1 atom stereocenters. The van der Waals surface area contributed by atoms with E-state index in [9.17, 15) is 13.6 Å². The van der Waals surface area contributed by atoms with Crippen molar-refractivity contribution >= 4 is 5.97 Å². The SMILES string of the molecule is O=C(O)COc1cccc(CN2CCC[C@H](CCc3c(F)cccc3F)C2)c1. The van der Waals surface area contributed by atoms with Crippen molar-refractivity contribution in [3.63, 3.8) is 0 Å². The molecule has 2 aromatic carbocycles. The third-order valence-corrected chi connectivity index (χ3v) is 5.13. The average Bonchev–Trinajstić information content (AvgIpc) is 2.67. The molecule has 0 aliphatic carbocycles. The van der Waals surface area contributed by atoms with Crippen LogP contribution in [0, 0.1) is 17.6 Å². The fourth-order valence-electron chi connectivity index (χ4n) is 3.79. The van der Waals surface area contributed by atoms with Gasteiger partial charge in [0.2, 0.25) is 0 Å². The number of benzene rings is 2. The number of hydrogen-bond acceptors (Lipinski definition) is 3. The van der Waals surface area contributed by atoms with Gasteiger partial charge in [0.05, 0.1) is 0 Å². The van der Waals surface area contributed by atoms with Crippen LogP contribution in [0.25, 0.3) is 0 Å². The quantitative estimate of drug-likeness (QED) is 0.732. The number of rotatable bonds is 8. The number of hydrogen-bond donors (Lipinski definition) is 1. The second kappa shape index (κ2) is 9.64. The summed E-state index contributed by atoms with van der Waals surface area (Å²) in [4.78, 5) is 13.0. The normalized spacial score (nSPS) is 17.4. The summed E-state index contributed by atoms with van der Waals surface area (Å²) in [6, 6.07) is 11.5. The second-order valence-electron chi connectivity index (χ2n) is 7.31. The zero-order valence-corrected chi connectivity index (χ0v) is 15.7. The van der Waals surface area contributed by atoms with Crippen molar-refractivity contribution in [3.05, 3.63) is 65.2 Å². The van der Waals surface area contributed by atoms with Crippen LogP contribution in [0.2, 0.25) is 0 Å². The van der Waals surface area contributed by atoms with Gasteiger partial charge in [-0.15, -0.1) is 0 Å². The maximum absolute atomic E-state index is 13.8. The predicted molar refractivity (Wildman–Crippen MR) is 102 cm³/mol. The van der Waals surface area contributed by atoms with Crippen LogP contribution in [-0.2, 0) is 17.8 Å². The highest BCUT2D eigenvalue weighted by Gasteiger charge is 2.21. The van der Waals surface area contributed by atoms with E-state index in [1.54, 1.807) is 6.07 Å². The minimum absolute atomic E-state index is 0.183. The summed E-state index contributed by atoms with van der Waals surface area (Å²) in [6.07, 6.45) is 3.29. The molecule has 0 aromatic heterocycles. The minimum atomic E-state index is -1.00. The van der Waals surface area contributed by atoms with E-state index in [-0.39, 0.29) is 12.2 Å². The highest BCUT2D eigenvalue weighted by molar-refractivity contribution is 5.68. The molecule has 1 heterocycles. The Bertz CT molecular complexity index is 792. The Kier molecular flexibility index (Phi) is 6.98. The number of aliphatic carboxylic acids is 1. The van der Waals surface area contributed by atoms with E-state index in [4.69, 9.17) is 9.84 Å². The number of carbonyl (C=O) groups is 1. The molecule has 0 saturated carbocycles. The topological polar surface area (TPSA) is 49.8 Å². The van der Waals surface area contributed by atoms with Gasteiger partial charge in [0.15, 0.2) is 6.61 Å². The van der Waals surface area contributed by atoms with Crippen molar-refractivity contribution in [1.82, 2.24) is 4.90 Å². The molecule has 0 radical (unpaired) electrons. The first-order valence-electron chi connectivity index (χ1n) is 9.60. The fourth-order valence-corrected chi connectivity index (χ4v) is 3.79. The molecule has 3 rings (SSSR count). The first-order valence-corrected chi connectivity index (χ1v) is 9.60. The minimum Gasteiger partial charge on any atom is -0.482 e. The number of likely N-dealkylation sites (tertiary alicyclic amines) is 1. The zero-order chi connectivity index (χ0) is 19.9. The molecule has 1 fully saturated rings. The van der Waals surface area contributed by atoms with E-state index < -0.39 is 17.6 Å². The molecule has 0 unspecified atom stereocenters. The van der Waals surface area contributed by atoms with Crippen molar-refractivity contribution in [2.24, 2.45) is 5.92 Å². The average molecular weight is 389 g/mol. The number of carboxylic acids is 1. The molecule has 2 aromatic rings. The summed E-state index contributed by atoms with van der Waals surface area (Å²) in [5, 5.41) is 8.72. The molecular formula is C22H25F2NO3. The molecule has 150 valence electrons. The highest BCUT2D eigenvalue weighted by Crippen LogP contribution is 2.25. The van der Waals surface area contributed by atoms with Crippen LogP contribution in [0.3, 0.4) is 0 Å². The second-order valence-corrected chi connectivity index (χ2v) is 7.31. The Labute approximate surface area is 163 Å². The number of piperidine rings is 1. The number of halogens is 2. The van der Waals surface area contributed by atoms with Crippen LogP contribution < -0.4 is 4.74 Å². The van der Waals surface area contributed by atoms with Crippen LogP contribution in [0.5, 0.6) is 5.75 Å². The molecule has 1 aliphatic rings. The van der Waals surface area contributed by atoms with Gasteiger partial charge < -0.3 is 9.84 Å². The van der Waals surface area contributed by atoms with Gasteiger partial charge in [0.1, 0.15) is 17.4 Å². The number of ether oxygens (including phenoxy) is 1. The molecule has 0 amide bonds. The monoisotopic (exact) mass is 389 g/mol. The van der Waals surface area contributed by atoms with Crippen molar-refractivity contribution in [2.75, 3.05) is 19.7 Å². The number of nitrogens with zero attached hydrogens (tertiary/aromatic N) is 1. The maximum atomic E-state index is 13.8. The Morgan fingerprint density at radius 3 is 2.68 bits per heavy atom. The van der Waals surface area contributed by atoms with Crippen LogP contribution in [0.4, 0.5) is 8.78 Å². The summed E-state index contributed by atoms with van der Waals surface area (Å²) in [5.41, 5.74) is 1.24. The van der Waals surface area contributed by atoms with Crippen LogP contribution in [0.1, 0.15) is 30.4 Å². The first-order chi connectivity index (χ1) is 13.5. The molecule has 0 bridgehead atoms. The van der Waals surface area contributed by atoms with E-state index in [1.165, 1.54) is 18.2 Å². The Hall–Kier alpha value is -2.47. The molecular weight excluding hydrogens is 364 g/mol. The van der Waals surface area contributed by atoms with Crippen molar-refractivity contribution in [1.29, 1.82) is 0 Å². The van der Waals surface area contributed by atoms with Crippen LogP contribution in [-0.4, -0.2) is 35.7 Å². The predicted octanol–water partition coefficient (Wildman–Crippen LogP) is 4.27. The van der Waals surface area contributed by atoms with E-state index >= 15 is 0 Å². The standard InChI is InChI=1S/C22H25F2NO3/c23-20-7-2-8-21(24)19(20)10-9-16-5-3-11-25(13-16)14-17-4-1-6-18(12-17)28-15-22(26)27/h1-2,4,6-8,12,16H,3,5,9-11,13-15H2,(H,26,27)/t16-/m1/s1. The van der Waals surface area contributed by atoms with E-state index in [1.807, 2.05) is 18.2 Å². The van der Waals surface area contributed by atoms with Gasteiger partial charge in [0, 0.05) is 18.7 Å². The first kappa shape index (κ1) is 20.3. The van der Waals surface area contributed by atoms with Crippen LogP contribution in [0.15, 0.2) is 42.5 Å². The van der Waals surface area contributed by atoms with Gasteiger partial charge >= 0.3 is 5.97 Å². The third-order valence-electron chi connectivity index (χ3n) is 5.13. The van der Waals surface area contributed by atoms with Crippen molar-refractivity contribution in [2.45, 2.75) is 32.2 Å². The van der Waals surface area contributed by atoms with Crippen LogP contribution >= 0.6 is 0 Å². The van der Waals surface area contributed by atoms with Gasteiger partial charge in [-0.25, -0.2) is 13.6 Å². The summed E-state index contributed by atoms with van der Waals surface area (Å²) < 4.78 is 32.9. The molecule has 1 N–H and O–H groups in total. The lowest BCUT2D eigenvalue weighted by Crippen LogP contribution is -2.35. The third kappa shape index (κ3) is 5.76. The lowest BCUT2D eigenvalue weighted by Gasteiger charge is -2.33. The number of carboxylic acid groups (broad SMARTS) is 1. The largest absolute Gasteiger partial charge is 0.482 e. The van der Waals surface area contributed by atoms with E-state index in [2.05, 4.69) is 4.90 Å². The fraction of sp³-hybridized carbons (Fsp3) is 0.409. The maximum Gasteiger partial charge on any atom is 0.341 e. The van der Waals surface area contributed by atoms with Gasteiger partial charge in [-0.1, -0.05) is 18.2 Å². The van der Waals surface area contributed by atoms with Gasteiger partial charge in [0.25, 0.3) is 0 Å². The molecule has 1 aliphatic heterocycles. The summed E-state index contributed by atoms with van der Waals surface area (Å²) >= 11 is 0. The summed E-state index contributed by atoms with van der Waals surface area (Å²) in [5.74, 6) is -0.991. The zero-order valence-electron chi connectivity index (χ0n) is 15.7. The molecule has 6 heteroatoms.